The number of pyridine rings is 1. The molecule has 1 aliphatic heterocycles. The molecule has 2 aromatic heterocycles. The van der Waals surface area contributed by atoms with Gasteiger partial charge < -0.3 is 9.64 Å². The SMILES string of the molecule is Cc1cc(-c2cc3n(n2)CCCN(C(=O)OCc2cc(C(F)(F)F)cc(C(F)(F)F)c2)C3)ccn1. The van der Waals surface area contributed by atoms with Gasteiger partial charge in [0.05, 0.1) is 29.1 Å². The van der Waals surface area contributed by atoms with E-state index in [-0.39, 0.29) is 12.6 Å². The first-order valence-corrected chi connectivity index (χ1v) is 10.6. The van der Waals surface area contributed by atoms with Crippen molar-refractivity contribution in [1.29, 1.82) is 0 Å². The molecule has 186 valence electrons. The number of fused-ring (bicyclic) bond motifs is 1. The van der Waals surface area contributed by atoms with Gasteiger partial charge in [0.1, 0.15) is 6.61 Å². The van der Waals surface area contributed by atoms with Gasteiger partial charge in [-0.15, -0.1) is 0 Å². The van der Waals surface area contributed by atoms with Gasteiger partial charge in [0.2, 0.25) is 0 Å². The van der Waals surface area contributed by atoms with Crippen LogP contribution in [0.2, 0.25) is 0 Å². The van der Waals surface area contributed by atoms with E-state index in [1.165, 1.54) is 4.90 Å². The minimum Gasteiger partial charge on any atom is -0.445 e. The minimum atomic E-state index is -4.98. The van der Waals surface area contributed by atoms with Crippen LogP contribution in [0.5, 0.6) is 0 Å². The summed E-state index contributed by atoms with van der Waals surface area (Å²) in [4.78, 5) is 18.1. The number of hydrogen-bond donors (Lipinski definition) is 0. The highest BCUT2D eigenvalue weighted by molar-refractivity contribution is 5.68. The highest BCUT2D eigenvalue weighted by Gasteiger charge is 2.37. The lowest BCUT2D eigenvalue weighted by atomic mass is 10.1. The van der Waals surface area contributed by atoms with Gasteiger partial charge in [-0.3, -0.25) is 9.67 Å². The second-order valence-corrected chi connectivity index (χ2v) is 8.17. The van der Waals surface area contributed by atoms with Crippen LogP contribution >= 0.6 is 0 Å². The van der Waals surface area contributed by atoms with E-state index in [9.17, 15) is 31.1 Å². The first kappa shape index (κ1) is 24.6. The van der Waals surface area contributed by atoms with Crippen LogP contribution in [0, 0.1) is 6.92 Å². The van der Waals surface area contributed by atoms with Crippen molar-refractivity contribution in [3.63, 3.8) is 0 Å². The number of benzene rings is 1. The van der Waals surface area contributed by atoms with E-state index in [0.717, 1.165) is 17.0 Å². The third kappa shape index (κ3) is 5.75. The Labute approximate surface area is 196 Å². The van der Waals surface area contributed by atoms with Gasteiger partial charge in [-0.2, -0.15) is 31.4 Å². The van der Waals surface area contributed by atoms with E-state index in [1.807, 2.05) is 25.1 Å². The van der Waals surface area contributed by atoms with Crippen molar-refractivity contribution in [3.8, 4) is 11.3 Å². The number of ether oxygens (including phenoxy) is 1. The molecule has 0 atom stereocenters. The van der Waals surface area contributed by atoms with Gasteiger partial charge in [0.15, 0.2) is 0 Å². The molecule has 1 aliphatic rings. The number of nitrogens with zero attached hydrogens (tertiary/aromatic N) is 4. The molecule has 0 bridgehead atoms. The molecule has 4 rings (SSSR count). The Kier molecular flexibility index (Phi) is 6.48. The second-order valence-electron chi connectivity index (χ2n) is 8.17. The summed E-state index contributed by atoms with van der Waals surface area (Å²) < 4.78 is 85.2. The Bertz CT molecular complexity index is 1200. The van der Waals surface area contributed by atoms with E-state index < -0.39 is 41.7 Å². The molecule has 1 aromatic carbocycles. The largest absolute Gasteiger partial charge is 0.445 e. The average molecular weight is 498 g/mol. The predicted octanol–water partition coefficient (Wildman–Crippen LogP) is 5.83. The lowest BCUT2D eigenvalue weighted by molar-refractivity contribution is -0.143. The van der Waals surface area contributed by atoms with Crippen molar-refractivity contribution < 1.29 is 35.9 Å². The number of amides is 1. The molecule has 0 saturated carbocycles. The molecule has 0 saturated heterocycles. The van der Waals surface area contributed by atoms with Crippen LogP contribution in [-0.4, -0.2) is 32.3 Å². The van der Waals surface area contributed by atoms with Gasteiger partial charge in [-0.1, -0.05) is 0 Å². The topological polar surface area (TPSA) is 60.2 Å². The first-order chi connectivity index (χ1) is 16.4. The van der Waals surface area contributed by atoms with Crippen LogP contribution in [0.4, 0.5) is 31.1 Å². The van der Waals surface area contributed by atoms with Crippen molar-refractivity contribution in [2.45, 2.75) is 45.4 Å². The normalized spacial score (nSPS) is 14.4. The maximum atomic E-state index is 13.1. The molecule has 1 amide bonds. The van der Waals surface area contributed by atoms with E-state index in [0.29, 0.717) is 37.3 Å². The van der Waals surface area contributed by atoms with Gasteiger partial charge in [-0.05, 0) is 55.3 Å². The third-order valence-electron chi connectivity index (χ3n) is 5.47. The zero-order valence-corrected chi connectivity index (χ0v) is 18.5. The number of halogens is 6. The van der Waals surface area contributed by atoms with Gasteiger partial charge >= 0.3 is 18.4 Å². The van der Waals surface area contributed by atoms with E-state index >= 15 is 0 Å². The number of hydrogen-bond acceptors (Lipinski definition) is 4. The van der Waals surface area contributed by atoms with Crippen LogP contribution in [0.3, 0.4) is 0 Å². The summed E-state index contributed by atoms with van der Waals surface area (Å²) in [6.45, 7) is 2.08. The lowest BCUT2D eigenvalue weighted by Gasteiger charge is -2.20. The fourth-order valence-electron chi connectivity index (χ4n) is 3.80. The van der Waals surface area contributed by atoms with Gasteiger partial charge in [-0.25, -0.2) is 4.79 Å². The molecule has 0 aliphatic carbocycles. The van der Waals surface area contributed by atoms with Crippen molar-refractivity contribution in [2.75, 3.05) is 6.54 Å². The Morgan fingerprint density at radius 2 is 1.69 bits per heavy atom. The van der Waals surface area contributed by atoms with E-state index in [2.05, 4.69) is 10.1 Å². The monoisotopic (exact) mass is 498 g/mol. The number of carbonyl (C=O) groups excluding carboxylic acids is 1. The molecule has 35 heavy (non-hydrogen) atoms. The van der Waals surface area contributed by atoms with Crippen LogP contribution < -0.4 is 0 Å². The molecule has 3 aromatic rings. The molecule has 0 spiro atoms. The molecule has 0 radical (unpaired) electrons. The fraction of sp³-hybridized carbons (Fsp3) is 0.348. The second kappa shape index (κ2) is 9.23. The van der Waals surface area contributed by atoms with Gasteiger partial charge in [0, 0.05) is 30.5 Å². The molecule has 0 unspecified atom stereocenters. The Morgan fingerprint density at radius 1 is 1.00 bits per heavy atom. The molecular formula is C23H20F6N4O2. The summed E-state index contributed by atoms with van der Waals surface area (Å²) in [5.74, 6) is 0. The fourth-order valence-corrected chi connectivity index (χ4v) is 3.80. The zero-order chi connectivity index (χ0) is 25.4. The van der Waals surface area contributed by atoms with Crippen molar-refractivity contribution in [3.05, 3.63) is 70.7 Å². The lowest BCUT2D eigenvalue weighted by Crippen LogP contribution is -2.31. The van der Waals surface area contributed by atoms with Crippen LogP contribution in [0.25, 0.3) is 11.3 Å². The summed E-state index contributed by atoms with van der Waals surface area (Å²) in [6, 6.07) is 6.63. The predicted molar refractivity (Wildman–Crippen MR) is 112 cm³/mol. The Balaban J connectivity index is 1.48. The summed E-state index contributed by atoms with van der Waals surface area (Å²) >= 11 is 0. The number of aryl methyl sites for hydroxylation is 2. The molecule has 0 N–H and O–H groups in total. The van der Waals surface area contributed by atoms with Crippen LogP contribution in [-0.2, 0) is 36.8 Å². The molecule has 0 fully saturated rings. The van der Waals surface area contributed by atoms with Crippen molar-refractivity contribution in [1.82, 2.24) is 19.7 Å². The quantitative estimate of drug-likeness (QED) is 0.426. The van der Waals surface area contributed by atoms with E-state index in [1.54, 1.807) is 10.9 Å². The minimum absolute atomic E-state index is 0.0309. The van der Waals surface area contributed by atoms with Gasteiger partial charge in [0.25, 0.3) is 0 Å². The molecule has 3 heterocycles. The highest BCUT2D eigenvalue weighted by atomic mass is 19.4. The number of rotatable bonds is 3. The smallest absolute Gasteiger partial charge is 0.416 e. The van der Waals surface area contributed by atoms with Crippen LogP contribution in [0.15, 0.2) is 42.6 Å². The molecular weight excluding hydrogens is 478 g/mol. The molecule has 12 heteroatoms. The van der Waals surface area contributed by atoms with Crippen molar-refractivity contribution in [2.24, 2.45) is 0 Å². The Hall–Kier alpha value is -3.57. The number of carbonyl (C=O) groups is 1. The Morgan fingerprint density at radius 3 is 2.31 bits per heavy atom. The van der Waals surface area contributed by atoms with Crippen LogP contribution in [0.1, 0.15) is 34.5 Å². The zero-order valence-electron chi connectivity index (χ0n) is 18.5. The van der Waals surface area contributed by atoms with Crippen molar-refractivity contribution >= 4 is 6.09 Å². The highest BCUT2D eigenvalue weighted by Crippen LogP contribution is 2.36. The summed E-state index contributed by atoms with van der Waals surface area (Å²) in [5.41, 5.74) is -0.231. The third-order valence-corrected chi connectivity index (χ3v) is 5.47. The number of alkyl halides is 6. The number of aromatic nitrogens is 3. The van der Waals surface area contributed by atoms with E-state index in [4.69, 9.17) is 4.74 Å². The first-order valence-electron chi connectivity index (χ1n) is 10.6. The maximum Gasteiger partial charge on any atom is 0.416 e. The maximum absolute atomic E-state index is 13.1. The average Bonchev–Trinajstić information content (AvgIpc) is 3.07. The summed E-state index contributed by atoms with van der Waals surface area (Å²) in [6.07, 6.45) is -8.59. The standard InChI is InChI=1S/C23H20F6N4O2/c1-14-7-16(3-4-30-14)20-11-19-12-32(5-2-6-33(19)31-20)21(34)35-13-15-8-17(22(24,25)26)10-18(9-15)23(27,28)29/h3-4,7-11H,2,5-6,12-13H2,1H3. The summed E-state index contributed by atoms with van der Waals surface area (Å²) in [7, 11) is 0. The summed E-state index contributed by atoms with van der Waals surface area (Å²) in [5, 5.41) is 4.57. The molecule has 6 nitrogen and oxygen atoms in total.